The number of nitrogens with one attached hydrogen (secondary N) is 1. The van der Waals surface area contributed by atoms with Crippen molar-refractivity contribution in [1.82, 2.24) is 20.0 Å². The molecule has 1 N–H and O–H groups in total. The number of hydrogen-bond donors (Lipinski definition) is 1. The van der Waals surface area contributed by atoms with Gasteiger partial charge in [0, 0.05) is 30.9 Å². The number of piperidine rings is 1. The van der Waals surface area contributed by atoms with Gasteiger partial charge in [0.1, 0.15) is 5.69 Å². The molecule has 2 amide bonds. The highest BCUT2D eigenvalue weighted by Gasteiger charge is 2.28. The van der Waals surface area contributed by atoms with Gasteiger partial charge < -0.3 is 19.5 Å². The average molecular weight is 407 g/mol. The lowest BCUT2D eigenvalue weighted by Crippen LogP contribution is -2.40. The minimum atomic E-state index is -0.415. The maximum Gasteiger partial charge on any atom is 0.337 e. The van der Waals surface area contributed by atoms with Crippen LogP contribution >= 0.6 is 0 Å². The number of amides is 2. The van der Waals surface area contributed by atoms with Crippen LogP contribution in [0.3, 0.4) is 0 Å². The minimum absolute atomic E-state index is 0.110. The molecule has 154 valence electrons. The summed E-state index contributed by atoms with van der Waals surface area (Å²) in [5.41, 5.74) is 1.72. The quantitative estimate of drug-likeness (QED) is 0.661. The Bertz CT molecular complexity index is 1010. The van der Waals surface area contributed by atoms with Crippen molar-refractivity contribution in [1.29, 1.82) is 0 Å². The second kappa shape index (κ2) is 8.73. The highest BCUT2D eigenvalue weighted by molar-refractivity contribution is 5.92. The van der Waals surface area contributed by atoms with Crippen molar-refractivity contribution in [2.24, 2.45) is 0 Å². The first-order chi connectivity index (χ1) is 14.6. The van der Waals surface area contributed by atoms with E-state index in [1.165, 1.54) is 7.11 Å². The van der Waals surface area contributed by atoms with Crippen molar-refractivity contribution in [2.75, 3.05) is 25.5 Å². The summed E-state index contributed by atoms with van der Waals surface area (Å²) in [5, 5.41) is 6.87. The second-order valence-electron chi connectivity index (χ2n) is 6.93. The number of aromatic nitrogens is 3. The van der Waals surface area contributed by atoms with E-state index in [0.29, 0.717) is 41.7 Å². The maximum atomic E-state index is 12.5. The minimum Gasteiger partial charge on any atom is -0.465 e. The van der Waals surface area contributed by atoms with E-state index in [1.807, 2.05) is 18.2 Å². The summed E-state index contributed by atoms with van der Waals surface area (Å²) >= 11 is 0. The summed E-state index contributed by atoms with van der Waals surface area (Å²) in [4.78, 5) is 34.5. The SMILES string of the molecule is COC(=O)c1ccc(NC(=O)N2CCC(c3nc(-c4ccccn4)no3)CC2)cc1. The molecule has 30 heavy (non-hydrogen) atoms. The summed E-state index contributed by atoms with van der Waals surface area (Å²) < 4.78 is 10.1. The molecular weight excluding hydrogens is 386 g/mol. The number of carbonyl (C=O) groups excluding carboxylic acids is 2. The monoisotopic (exact) mass is 407 g/mol. The normalized spacial score (nSPS) is 14.4. The number of nitrogens with zero attached hydrogens (tertiary/aromatic N) is 4. The van der Waals surface area contributed by atoms with E-state index in [4.69, 9.17) is 4.52 Å². The number of rotatable bonds is 4. The predicted molar refractivity (Wildman–Crippen MR) is 108 cm³/mol. The molecule has 1 saturated heterocycles. The van der Waals surface area contributed by atoms with Gasteiger partial charge in [0.05, 0.1) is 12.7 Å². The fraction of sp³-hybridized carbons (Fsp3) is 0.286. The number of carbonyl (C=O) groups is 2. The molecule has 1 fully saturated rings. The van der Waals surface area contributed by atoms with Gasteiger partial charge in [0.2, 0.25) is 11.7 Å². The van der Waals surface area contributed by atoms with Gasteiger partial charge in [0.15, 0.2) is 0 Å². The summed E-state index contributed by atoms with van der Waals surface area (Å²) in [6.45, 7) is 1.16. The Balaban J connectivity index is 1.31. The Kier molecular flexibility index (Phi) is 5.69. The van der Waals surface area contributed by atoms with Gasteiger partial charge in [-0.25, -0.2) is 9.59 Å². The number of pyridine rings is 1. The zero-order chi connectivity index (χ0) is 20.9. The molecule has 0 unspecified atom stereocenters. The third-order valence-electron chi connectivity index (χ3n) is 5.02. The Hall–Kier alpha value is -3.75. The van der Waals surface area contributed by atoms with Gasteiger partial charge in [-0.05, 0) is 49.2 Å². The van der Waals surface area contributed by atoms with Crippen LogP contribution in [-0.4, -0.2) is 52.2 Å². The van der Waals surface area contributed by atoms with Crippen LogP contribution < -0.4 is 5.32 Å². The smallest absolute Gasteiger partial charge is 0.337 e. The molecule has 9 nitrogen and oxygen atoms in total. The molecule has 2 aromatic heterocycles. The standard InChI is InChI=1S/C21H21N5O4/c1-29-20(27)15-5-7-16(8-6-15)23-21(28)26-12-9-14(10-13-26)19-24-18(25-30-19)17-4-2-3-11-22-17/h2-8,11,14H,9-10,12-13H2,1H3,(H,23,28). The van der Waals surface area contributed by atoms with Crippen LogP contribution in [0.25, 0.3) is 11.5 Å². The molecule has 1 aliphatic heterocycles. The van der Waals surface area contributed by atoms with Crippen LogP contribution in [0.15, 0.2) is 53.2 Å². The predicted octanol–water partition coefficient (Wildman–Crippen LogP) is 3.33. The van der Waals surface area contributed by atoms with Crippen molar-refractivity contribution >= 4 is 17.7 Å². The van der Waals surface area contributed by atoms with Crippen LogP contribution in [0.5, 0.6) is 0 Å². The Morgan fingerprint density at radius 3 is 2.57 bits per heavy atom. The third-order valence-corrected chi connectivity index (χ3v) is 5.02. The number of likely N-dealkylation sites (tertiary alicyclic amines) is 1. The highest BCUT2D eigenvalue weighted by atomic mass is 16.5. The number of hydrogen-bond acceptors (Lipinski definition) is 7. The van der Waals surface area contributed by atoms with Crippen LogP contribution in [-0.2, 0) is 4.74 Å². The largest absolute Gasteiger partial charge is 0.465 e. The van der Waals surface area contributed by atoms with E-state index in [-0.39, 0.29) is 11.9 Å². The number of anilines is 1. The zero-order valence-corrected chi connectivity index (χ0v) is 16.4. The average Bonchev–Trinajstić information content (AvgIpc) is 3.30. The zero-order valence-electron chi connectivity index (χ0n) is 16.4. The van der Waals surface area contributed by atoms with Crippen molar-refractivity contribution in [3.63, 3.8) is 0 Å². The van der Waals surface area contributed by atoms with E-state index in [9.17, 15) is 9.59 Å². The van der Waals surface area contributed by atoms with Crippen LogP contribution in [0.1, 0.15) is 35.0 Å². The summed E-state index contributed by atoms with van der Waals surface area (Å²) in [5.74, 6) is 0.746. The van der Waals surface area contributed by atoms with E-state index in [1.54, 1.807) is 35.4 Å². The lowest BCUT2D eigenvalue weighted by molar-refractivity contribution is 0.0600. The van der Waals surface area contributed by atoms with E-state index >= 15 is 0 Å². The van der Waals surface area contributed by atoms with E-state index in [0.717, 1.165) is 12.8 Å². The molecule has 1 aliphatic rings. The maximum absolute atomic E-state index is 12.5. The van der Waals surface area contributed by atoms with Crippen LogP contribution in [0.2, 0.25) is 0 Å². The molecule has 1 aromatic carbocycles. The molecule has 0 aliphatic carbocycles. The molecule has 3 heterocycles. The lowest BCUT2D eigenvalue weighted by Gasteiger charge is -2.30. The third kappa shape index (κ3) is 4.29. The molecule has 9 heteroatoms. The topological polar surface area (TPSA) is 110 Å². The Morgan fingerprint density at radius 2 is 1.90 bits per heavy atom. The number of ether oxygens (including phenoxy) is 1. The highest BCUT2D eigenvalue weighted by Crippen LogP contribution is 2.28. The fourth-order valence-electron chi connectivity index (χ4n) is 3.34. The van der Waals surface area contributed by atoms with Crippen LogP contribution in [0.4, 0.5) is 10.5 Å². The summed E-state index contributed by atoms with van der Waals surface area (Å²) in [7, 11) is 1.33. The van der Waals surface area contributed by atoms with Crippen LogP contribution in [0, 0.1) is 0 Å². The van der Waals surface area contributed by atoms with Crippen molar-refractivity contribution in [3.8, 4) is 11.5 Å². The first-order valence-corrected chi connectivity index (χ1v) is 9.63. The number of benzene rings is 1. The number of urea groups is 1. The molecular formula is C21H21N5O4. The molecule has 0 bridgehead atoms. The van der Waals surface area contributed by atoms with Gasteiger partial charge in [-0.3, -0.25) is 4.98 Å². The number of esters is 1. The van der Waals surface area contributed by atoms with Crippen molar-refractivity contribution < 1.29 is 18.8 Å². The van der Waals surface area contributed by atoms with Gasteiger partial charge in [-0.1, -0.05) is 11.2 Å². The molecule has 0 saturated carbocycles. The fourth-order valence-corrected chi connectivity index (χ4v) is 3.34. The first-order valence-electron chi connectivity index (χ1n) is 9.63. The van der Waals surface area contributed by atoms with E-state index < -0.39 is 5.97 Å². The molecule has 4 rings (SSSR count). The molecule has 3 aromatic rings. The van der Waals surface area contributed by atoms with Gasteiger partial charge in [-0.15, -0.1) is 0 Å². The molecule has 0 atom stereocenters. The Morgan fingerprint density at radius 1 is 1.13 bits per heavy atom. The summed E-state index contributed by atoms with van der Waals surface area (Å²) in [6.07, 6.45) is 3.16. The summed E-state index contributed by atoms with van der Waals surface area (Å²) in [6, 6.07) is 11.9. The second-order valence-corrected chi connectivity index (χ2v) is 6.93. The first kappa shape index (κ1) is 19.6. The van der Waals surface area contributed by atoms with Gasteiger partial charge in [-0.2, -0.15) is 4.98 Å². The Labute approximate surface area is 173 Å². The number of methoxy groups -OCH3 is 1. The lowest BCUT2D eigenvalue weighted by atomic mass is 9.97. The van der Waals surface area contributed by atoms with Crippen molar-refractivity contribution in [2.45, 2.75) is 18.8 Å². The van der Waals surface area contributed by atoms with E-state index in [2.05, 4.69) is 25.2 Å². The van der Waals surface area contributed by atoms with Gasteiger partial charge in [0.25, 0.3) is 0 Å². The molecule has 0 radical (unpaired) electrons. The van der Waals surface area contributed by atoms with Crippen molar-refractivity contribution in [3.05, 3.63) is 60.1 Å². The van der Waals surface area contributed by atoms with Gasteiger partial charge >= 0.3 is 12.0 Å². The molecule has 0 spiro atoms.